The first-order chi connectivity index (χ1) is 7.54. The van der Waals surface area contributed by atoms with Crippen molar-refractivity contribution < 1.29 is 9.59 Å². The maximum atomic E-state index is 11.3. The molecule has 0 saturated carbocycles. The summed E-state index contributed by atoms with van der Waals surface area (Å²) >= 11 is 0. The lowest BCUT2D eigenvalue weighted by molar-refractivity contribution is -0.118. The highest BCUT2D eigenvalue weighted by Gasteiger charge is 2.10. The van der Waals surface area contributed by atoms with E-state index in [0.29, 0.717) is 0 Å². The first-order valence-electron chi connectivity index (χ1n) is 4.69. The van der Waals surface area contributed by atoms with Crippen molar-refractivity contribution in [3.05, 3.63) is 28.8 Å². The predicted molar refractivity (Wildman–Crippen MR) is 57.8 cm³/mol. The maximum Gasteiger partial charge on any atom is 0.316 e. The first-order valence-corrected chi connectivity index (χ1v) is 4.69. The van der Waals surface area contributed by atoms with Crippen molar-refractivity contribution in [2.24, 2.45) is 11.1 Å². The van der Waals surface area contributed by atoms with Crippen molar-refractivity contribution in [1.82, 2.24) is 4.98 Å². The standard InChI is InChI=1S/C10H11N3O3/c1-6(2)9(14)12-8-5-7(3-4-11-8)10(15)13-16/h3-6H,1-2H3,(H,11,12,14). The Morgan fingerprint density at radius 1 is 1.44 bits per heavy atom. The minimum absolute atomic E-state index is 0.101. The molecule has 1 aromatic heterocycles. The summed E-state index contributed by atoms with van der Waals surface area (Å²) in [7, 11) is 0. The second-order valence-electron chi connectivity index (χ2n) is 3.47. The molecule has 0 aliphatic rings. The molecule has 1 aromatic rings. The number of nitroso groups, excluding NO2 is 1. The van der Waals surface area contributed by atoms with Crippen LogP contribution in [0, 0.1) is 10.8 Å². The maximum absolute atomic E-state index is 11.3. The van der Waals surface area contributed by atoms with Gasteiger partial charge in [0.25, 0.3) is 0 Å². The zero-order valence-corrected chi connectivity index (χ0v) is 8.93. The van der Waals surface area contributed by atoms with E-state index < -0.39 is 5.91 Å². The molecule has 0 radical (unpaired) electrons. The van der Waals surface area contributed by atoms with Gasteiger partial charge in [-0.1, -0.05) is 13.8 Å². The van der Waals surface area contributed by atoms with Gasteiger partial charge in [0.1, 0.15) is 5.82 Å². The second kappa shape index (κ2) is 5.11. The lowest BCUT2D eigenvalue weighted by Gasteiger charge is -2.06. The summed E-state index contributed by atoms with van der Waals surface area (Å²) in [6.45, 7) is 3.47. The summed E-state index contributed by atoms with van der Waals surface area (Å²) in [6, 6.07) is 2.67. The molecule has 6 heteroatoms. The third-order valence-corrected chi connectivity index (χ3v) is 1.87. The molecule has 0 saturated heterocycles. The summed E-state index contributed by atoms with van der Waals surface area (Å²) in [5.74, 6) is -1.06. The fourth-order valence-electron chi connectivity index (χ4n) is 0.955. The van der Waals surface area contributed by atoms with Crippen LogP contribution in [0.15, 0.2) is 23.5 Å². The highest BCUT2D eigenvalue weighted by molar-refractivity contribution is 5.97. The smallest absolute Gasteiger partial charge is 0.310 e. The number of anilines is 1. The van der Waals surface area contributed by atoms with Gasteiger partial charge in [-0.3, -0.25) is 9.59 Å². The Balaban J connectivity index is 2.87. The molecule has 0 atom stereocenters. The zero-order valence-electron chi connectivity index (χ0n) is 8.93. The van der Waals surface area contributed by atoms with Gasteiger partial charge in [-0.2, -0.15) is 0 Å². The molecule has 1 N–H and O–H groups in total. The van der Waals surface area contributed by atoms with Crippen LogP contribution in [0.5, 0.6) is 0 Å². The Kier molecular flexibility index (Phi) is 3.82. The van der Waals surface area contributed by atoms with E-state index in [0.717, 1.165) is 0 Å². The van der Waals surface area contributed by atoms with Crippen LogP contribution in [0.2, 0.25) is 0 Å². The molecule has 0 fully saturated rings. The zero-order chi connectivity index (χ0) is 12.1. The lowest BCUT2D eigenvalue weighted by Crippen LogP contribution is -2.18. The average Bonchev–Trinajstić information content (AvgIpc) is 2.28. The average molecular weight is 221 g/mol. The van der Waals surface area contributed by atoms with E-state index in [1.165, 1.54) is 18.3 Å². The van der Waals surface area contributed by atoms with Gasteiger partial charge < -0.3 is 5.32 Å². The second-order valence-corrected chi connectivity index (χ2v) is 3.47. The van der Waals surface area contributed by atoms with Crippen molar-refractivity contribution in [3.63, 3.8) is 0 Å². The summed E-state index contributed by atoms with van der Waals surface area (Å²) in [4.78, 5) is 36.2. The molecule has 0 aliphatic heterocycles. The van der Waals surface area contributed by atoms with E-state index in [1.807, 2.05) is 0 Å². The largest absolute Gasteiger partial charge is 0.316 e. The quantitative estimate of drug-likeness (QED) is 0.785. The van der Waals surface area contributed by atoms with Gasteiger partial charge in [-0.15, -0.1) is 4.91 Å². The summed E-state index contributed by atoms with van der Waals surface area (Å²) in [6.07, 6.45) is 1.33. The molecule has 16 heavy (non-hydrogen) atoms. The van der Waals surface area contributed by atoms with Crippen LogP contribution < -0.4 is 5.32 Å². The highest BCUT2D eigenvalue weighted by Crippen LogP contribution is 2.09. The van der Waals surface area contributed by atoms with Crippen molar-refractivity contribution in [2.45, 2.75) is 13.8 Å². The normalized spacial score (nSPS) is 9.94. The number of nitrogens with zero attached hydrogens (tertiary/aromatic N) is 2. The van der Waals surface area contributed by atoms with Gasteiger partial charge in [-0.05, 0) is 12.1 Å². The number of carbonyl (C=O) groups is 2. The molecule has 6 nitrogen and oxygen atoms in total. The van der Waals surface area contributed by atoms with Gasteiger partial charge in [0.05, 0.1) is 5.56 Å². The number of carbonyl (C=O) groups excluding carboxylic acids is 2. The topological polar surface area (TPSA) is 88.5 Å². The van der Waals surface area contributed by atoms with Gasteiger partial charge in [0, 0.05) is 17.3 Å². The van der Waals surface area contributed by atoms with E-state index in [9.17, 15) is 14.5 Å². The Morgan fingerprint density at radius 3 is 2.69 bits per heavy atom. The number of hydrogen-bond donors (Lipinski definition) is 1. The fraction of sp³-hybridized carbons (Fsp3) is 0.300. The Labute approximate surface area is 92.0 Å². The van der Waals surface area contributed by atoms with Crippen LogP contribution in [0.1, 0.15) is 24.2 Å². The minimum atomic E-state index is -0.887. The van der Waals surface area contributed by atoms with Gasteiger partial charge in [0.15, 0.2) is 0 Å². The molecular formula is C10H11N3O3. The van der Waals surface area contributed by atoms with E-state index in [4.69, 9.17) is 0 Å². The van der Waals surface area contributed by atoms with Crippen LogP contribution in [0.4, 0.5) is 5.82 Å². The third-order valence-electron chi connectivity index (χ3n) is 1.87. The summed E-state index contributed by atoms with van der Waals surface area (Å²) in [5, 5.41) is 4.80. The molecule has 2 amide bonds. The Bertz CT molecular complexity index is 429. The van der Waals surface area contributed by atoms with Crippen LogP contribution >= 0.6 is 0 Å². The third kappa shape index (κ3) is 2.94. The molecule has 84 valence electrons. The number of pyridine rings is 1. The van der Waals surface area contributed by atoms with E-state index in [-0.39, 0.29) is 23.2 Å². The number of rotatable bonds is 3. The van der Waals surface area contributed by atoms with E-state index >= 15 is 0 Å². The summed E-state index contributed by atoms with van der Waals surface area (Å²) in [5.41, 5.74) is 0.101. The first kappa shape index (κ1) is 12.0. The highest BCUT2D eigenvalue weighted by atomic mass is 16.3. The Morgan fingerprint density at radius 2 is 2.12 bits per heavy atom. The van der Waals surface area contributed by atoms with Gasteiger partial charge >= 0.3 is 5.91 Å². The van der Waals surface area contributed by atoms with Crippen LogP contribution in [-0.2, 0) is 4.79 Å². The number of aromatic nitrogens is 1. The van der Waals surface area contributed by atoms with Crippen molar-refractivity contribution in [2.75, 3.05) is 5.32 Å². The monoisotopic (exact) mass is 221 g/mol. The van der Waals surface area contributed by atoms with Gasteiger partial charge in [0.2, 0.25) is 5.91 Å². The molecule has 0 spiro atoms. The fourth-order valence-corrected chi connectivity index (χ4v) is 0.955. The molecule has 0 unspecified atom stereocenters. The number of hydrogen-bond acceptors (Lipinski definition) is 4. The predicted octanol–water partition coefficient (Wildman–Crippen LogP) is 1.58. The molecular weight excluding hydrogens is 210 g/mol. The molecule has 0 aromatic carbocycles. The van der Waals surface area contributed by atoms with Crippen LogP contribution in [-0.4, -0.2) is 16.8 Å². The van der Waals surface area contributed by atoms with E-state index in [2.05, 4.69) is 15.5 Å². The molecule has 1 heterocycles. The molecule has 0 bridgehead atoms. The summed E-state index contributed by atoms with van der Waals surface area (Å²) < 4.78 is 0. The number of amides is 2. The number of nitrogens with one attached hydrogen (secondary N) is 1. The SMILES string of the molecule is CC(C)C(=O)Nc1cc(C(=O)N=O)ccn1. The lowest BCUT2D eigenvalue weighted by atomic mass is 10.2. The van der Waals surface area contributed by atoms with Crippen molar-refractivity contribution >= 4 is 17.6 Å². The minimum Gasteiger partial charge on any atom is -0.310 e. The van der Waals surface area contributed by atoms with Gasteiger partial charge in [-0.25, -0.2) is 4.98 Å². The van der Waals surface area contributed by atoms with E-state index in [1.54, 1.807) is 13.8 Å². The van der Waals surface area contributed by atoms with Crippen molar-refractivity contribution in [3.8, 4) is 0 Å². The van der Waals surface area contributed by atoms with Crippen LogP contribution in [0.3, 0.4) is 0 Å². The molecule has 1 rings (SSSR count). The van der Waals surface area contributed by atoms with Crippen molar-refractivity contribution in [1.29, 1.82) is 0 Å². The Hall–Kier alpha value is -2.11. The molecule has 0 aliphatic carbocycles. The van der Waals surface area contributed by atoms with Crippen LogP contribution in [0.25, 0.3) is 0 Å².